The Kier molecular flexibility index (Phi) is 8.05. The highest BCUT2D eigenvalue weighted by atomic mass is 35.5. The van der Waals surface area contributed by atoms with E-state index in [4.69, 9.17) is 16.3 Å². The van der Waals surface area contributed by atoms with Gasteiger partial charge in [0.2, 0.25) is 0 Å². The number of ether oxygens (including phenoxy) is 2. The molecule has 2 aliphatic rings. The highest BCUT2D eigenvalue weighted by Crippen LogP contribution is 2.38. The molecular weight excluding hydrogens is 510 g/mol. The molecule has 1 amide bonds. The average molecular weight is 541 g/mol. The molecule has 2 N–H and O–H groups in total. The number of amides is 1. The SMILES string of the molecule is CC(C)c1ccnn1C1(C(=O)Nc2ccc(Cl)cc2OC(F)F)CCN(CC2(C(=O)O)CCOC2)CC1. The molecule has 1 atom stereocenters. The number of nitrogens with one attached hydrogen (secondary N) is 1. The molecule has 0 spiro atoms. The molecule has 0 bridgehead atoms. The van der Waals surface area contributed by atoms with E-state index in [0.29, 0.717) is 45.5 Å². The summed E-state index contributed by atoms with van der Waals surface area (Å²) in [6, 6.07) is 5.98. The minimum Gasteiger partial charge on any atom is -0.481 e. The van der Waals surface area contributed by atoms with E-state index in [1.165, 1.54) is 18.2 Å². The van der Waals surface area contributed by atoms with E-state index in [1.54, 1.807) is 10.9 Å². The van der Waals surface area contributed by atoms with Crippen molar-refractivity contribution in [2.45, 2.75) is 51.2 Å². The van der Waals surface area contributed by atoms with E-state index in [-0.39, 0.29) is 29.0 Å². The lowest BCUT2D eigenvalue weighted by molar-refractivity contribution is -0.151. The van der Waals surface area contributed by atoms with Crippen molar-refractivity contribution >= 4 is 29.2 Å². The fraction of sp³-hybridized carbons (Fsp3) is 0.560. The van der Waals surface area contributed by atoms with Gasteiger partial charge in [0.1, 0.15) is 11.0 Å². The molecule has 1 aromatic carbocycles. The molecule has 4 rings (SSSR count). The van der Waals surface area contributed by atoms with Gasteiger partial charge in [0.15, 0.2) is 5.75 Å². The number of nitrogens with zero attached hydrogens (tertiary/aromatic N) is 3. The maximum absolute atomic E-state index is 13.9. The van der Waals surface area contributed by atoms with Crippen molar-refractivity contribution < 1.29 is 33.0 Å². The Morgan fingerprint density at radius 3 is 2.57 bits per heavy atom. The van der Waals surface area contributed by atoms with Gasteiger partial charge < -0.3 is 24.8 Å². The lowest BCUT2D eigenvalue weighted by Gasteiger charge is -2.43. The molecule has 2 saturated heterocycles. The van der Waals surface area contributed by atoms with Crippen LogP contribution in [0.15, 0.2) is 30.5 Å². The fourth-order valence-corrected chi connectivity index (χ4v) is 5.31. The van der Waals surface area contributed by atoms with E-state index >= 15 is 0 Å². The first-order valence-electron chi connectivity index (χ1n) is 12.2. The molecule has 1 aromatic heterocycles. The number of halogens is 3. The minimum atomic E-state index is -3.09. The normalized spacial score (nSPS) is 21.9. The van der Waals surface area contributed by atoms with Gasteiger partial charge in [-0.1, -0.05) is 25.4 Å². The highest BCUT2D eigenvalue weighted by Gasteiger charge is 2.49. The summed E-state index contributed by atoms with van der Waals surface area (Å²) in [5, 5.41) is 17.3. The van der Waals surface area contributed by atoms with E-state index in [9.17, 15) is 23.5 Å². The standard InChI is InChI=1S/C25H31ClF2N4O5/c1-16(2)19-5-9-29-32(19)25(21(33)30-18-4-3-17(26)13-20(18)37-23(27)28)6-10-31(11-7-25)14-24(22(34)35)8-12-36-15-24/h3-5,9,13,16,23H,6-8,10-12,14-15H2,1-2H3,(H,30,33)(H,34,35). The number of rotatable bonds is 9. The van der Waals surface area contributed by atoms with Gasteiger partial charge >= 0.3 is 12.6 Å². The third kappa shape index (κ3) is 5.58. The Morgan fingerprint density at radius 2 is 1.97 bits per heavy atom. The summed E-state index contributed by atoms with van der Waals surface area (Å²) in [4.78, 5) is 28.0. The van der Waals surface area contributed by atoms with Gasteiger partial charge in [-0.15, -0.1) is 0 Å². The molecule has 3 heterocycles. The van der Waals surface area contributed by atoms with Crippen molar-refractivity contribution in [3.8, 4) is 5.75 Å². The zero-order valence-electron chi connectivity index (χ0n) is 20.8. The summed E-state index contributed by atoms with van der Waals surface area (Å²) in [5.74, 6) is -1.47. The molecule has 12 heteroatoms. The van der Waals surface area contributed by atoms with Gasteiger partial charge in [0.25, 0.3) is 5.91 Å². The Hall–Kier alpha value is -2.76. The number of carboxylic acids is 1. The average Bonchev–Trinajstić information content (AvgIpc) is 3.52. The quantitative estimate of drug-likeness (QED) is 0.491. The van der Waals surface area contributed by atoms with Gasteiger partial charge in [-0.2, -0.15) is 13.9 Å². The first kappa shape index (κ1) is 27.3. The third-order valence-electron chi connectivity index (χ3n) is 7.27. The van der Waals surface area contributed by atoms with Crippen LogP contribution >= 0.6 is 11.6 Å². The van der Waals surface area contributed by atoms with Crippen LogP contribution in [0.4, 0.5) is 14.5 Å². The zero-order valence-corrected chi connectivity index (χ0v) is 21.5. The molecule has 37 heavy (non-hydrogen) atoms. The lowest BCUT2D eigenvalue weighted by Crippen LogP contribution is -2.56. The Balaban J connectivity index is 1.62. The van der Waals surface area contributed by atoms with Gasteiger partial charge in [0.05, 0.1) is 12.3 Å². The summed E-state index contributed by atoms with van der Waals surface area (Å²) < 4.78 is 37.7. The fourth-order valence-electron chi connectivity index (χ4n) is 5.15. The van der Waals surface area contributed by atoms with Gasteiger partial charge in [-0.25, -0.2) is 0 Å². The van der Waals surface area contributed by atoms with Gasteiger partial charge in [-0.05, 0) is 43.4 Å². The van der Waals surface area contributed by atoms with E-state index < -0.39 is 29.4 Å². The highest BCUT2D eigenvalue weighted by molar-refractivity contribution is 6.30. The van der Waals surface area contributed by atoms with E-state index in [1.807, 2.05) is 24.8 Å². The summed E-state index contributed by atoms with van der Waals surface area (Å²) in [6.45, 7) is 2.68. The monoisotopic (exact) mass is 540 g/mol. The van der Waals surface area contributed by atoms with Crippen LogP contribution in [0.5, 0.6) is 5.75 Å². The smallest absolute Gasteiger partial charge is 0.387 e. The van der Waals surface area contributed by atoms with Gasteiger partial charge in [-0.3, -0.25) is 14.3 Å². The molecule has 2 fully saturated rings. The third-order valence-corrected chi connectivity index (χ3v) is 7.50. The molecule has 202 valence electrons. The lowest BCUT2D eigenvalue weighted by atomic mass is 9.82. The summed E-state index contributed by atoms with van der Waals surface area (Å²) >= 11 is 5.96. The molecule has 2 aromatic rings. The summed E-state index contributed by atoms with van der Waals surface area (Å²) in [5.41, 5.74) is -1.16. The summed E-state index contributed by atoms with van der Waals surface area (Å²) in [6.07, 6.45) is 2.76. The Morgan fingerprint density at radius 1 is 1.24 bits per heavy atom. The van der Waals surface area contributed by atoms with Crippen LogP contribution in [0.2, 0.25) is 5.02 Å². The molecule has 9 nitrogen and oxygen atoms in total. The van der Waals surface area contributed by atoms with Gasteiger partial charge in [0, 0.05) is 49.2 Å². The second-order valence-corrected chi connectivity index (χ2v) is 10.4. The Labute approximate surface area is 218 Å². The minimum absolute atomic E-state index is 0.0719. The number of likely N-dealkylation sites (tertiary alicyclic amines) is 1. The largest absolute Gasteiger partial charge is 0.481 e. The number of piperidine rings is 1. The van der Waals surface area contributed by atoms with Crippen LogP contribution in [0.1, 0.15) is 44.7 Å². The van der Waals surface area contributed by atoms with Crippen LogP contribution in [0.25, 0.3) is 0 Å². The topological polar surface area (TPSA) is 106 Å². The molecule has 0 aliphatic carbocycles. The number of carbonyl (C=O) groups is 2. The number of carbonyl (C=O) groups excluding carboxylic acids is 1. The Bertz CT molecular complexity index is 1130. The van der Waals surface area contributed by atoms with Crippen molar-refractivity contribution in [1.29, 1.82) is 0 Å². The number of aromatic nitrogens is 2. The maximum Gasteiger partial charge on any atom is 0.387 e. The first-order valence-corrected chi connectivity index (χ1v) is 12.6. The number of anilines is 1. The van der Waals surface area contributed by atoms with Crippen molar-refractivity contribution in [2.75, 3.05) is 38.2 Å². The maximum atomic E-state index is 13.9. The number of hydrogen-bond acceptors (Lipinski definition) is 6. The van der Waals surface area contributed by atoms with Crippen molar-refractivity contribution in [3.63, 3.8) is 0 Å². The van der Waals surface area contributed by atoms with Crippen molar-refractivity contribution in [2.24, 2.45) is 5.41 Å². The number of hydrogen-bond donors (Lipinski definition) is 2. The van der Waals surface area contributed by atoms with Crippen LogP contribution in [0.3, 0.4) is 0 Å². The van der Waals surface area contributed by atoms with Crippen LogP contribution in [-0.4, -0.2) is 71.1 Å². The number of alkyl halides is 2. The van der Waals surface area contributed by atoms with Crippen molar-refractivity contribution in [1.82, 2.24) is 14.7 Å². The second-order valence-electron chi connectivity index (χ2n) is 9.99. The van der Waals surface area contributed by atoms with E-state index in [0.717, 1.165) is 5.69 Å². The van der Waals surface area contributed by atoms with E-state index in [2.05, 4.69) is 15.2 Å². The second kappa shape index (κ2) is 10.9. The predicted octanol–water partition coefficient (Wildman–Crippen LogP) is 4.18. The predicted molar refractivity (Wildman–Crippen MR) is 132 cm³/mol. The van der Waals surface area contributed by atoms with Crippen LogP contribution < -0.4 is 10.1 Å². The first-order chi connectivity index (χ1) is 17.6. The van der Waals surface area contributed by atoms with Crippen LogP contribution in [0, 0.1) is 5.41 Å². The molecule has 1 unspecified atom stereocenters. The number of benzene rings is 1. The summed E-state index contributed by atoms with van der Waals surface area (Å²) in [7, 11) is 0. The molecular formula is C25H31ClF2N4O5. The number of carboxylic acid groups (broad SMARTS) is 1. The van der Waals surface area contributed by atoms with Crippen molar-refractivity contribution in [3.05, 3.63) is 41.2 Å². The molecule has 0 radical (unpaired) electrons. The number of aliphatic carboxylic acids is 1. The molecule has 2 aliphatic heterocycles. The van der Waals surface area contributed by atoms with Crippen LogP contribution in [-0.2, 0) is 19.9 Å². The molecule has 0 saturated carbocycles. The zero-order chi connectivity index (χ0) is 26.8.